The van der Waals surface area contributed by atoms with Crippen LogP contribution < -0.4 is 19.7 Å². The third-order valence-electron chi connectivity index (χ3n) is 6.94. The van der Waals surface area contributed by atoms with Crippen LogP contribution in [0.2, 0.25) is 0 Å². The SMILES string of the molecule is CCC(C)Oc1ccc(C)cc1N1C(=O)CSC1=NC(=O)Nc1ccc(CCc2ncn(-c3ccc(OC(F)(F)F)cc3)n2)cc1. The van der Waals surface area contributed by atoms with E-state index in [1.54, 1.807) is 12.1 Å². The highest BCUT2D eigenvalue weighted by Crippen LogP contribution is 2.36. The summed E-state index contributed by atoms with van der Waals surface area (Å²) in [4.78, 5) is 35.6. The number of thioether (sulfide) groups is 1. The number of aromatic nitrogens is 3. The number of aryl methyl sites for hydroxylation is 3. The van der Waals surface area contributed by atoms with Crippen LogP contribution in [0.1, 0.15) is 37.2 Å². The van der Waals surface area contributed by atoms with Gasteiger partial charge in [0.25, 0.3) is 0 Å². The number of aliphatic imine (C=N–C) groups is 1. The van der Waals surface area contributed by atoms with E-state index >= 15 is 0 Å². The van der Waals surface area contributed by atoms with Crippen molar-refractivity contribution in [2.24, 2.45) is 4.99 Å². The number of amidine groups is 1. The lowest BCUT2D eigenvalue weighted by Gasteiger charge is -2.22. The molecular formula is C32H31F3N6O4S. The lowest BCUT2D eigenvalue weighted by atomic mass is 10.1. The van der Waals surface area contributed by atoms with Gasteiger partial charge in [-0.15, -0.1) is 13.2 Å². The van der Waals surface area contributed by atoms with Crippen molar-refractivity contribution in [1.29, 1.82) is 0 Å². The molecule has 1 fully saturated rings. The van der Waals surface area contributed by atoms with Crippen LogP contribution in [0.25, 0.3) is 5.69 Å². The number of hydrogen-bond donors (Lipinski definition) is 1. The second kappa shape index (κ2) is 14.1. The lowest BCUT2D eigenvalue weighted by Crippen LogP contribution is -2.31. The van der Waals surface area contributed by atoms with Gasteiger partial charge in [0.2, 0.25) is 5.91 Å². The number of carbonyl (C=O) groups is 2. The van der Waals surface area contributed by atoms with Crippen LogP contribution in [0, 0.1) is 6.92 Å². The molecule has 5 rings (SSSR count). The summed E-state index contributed by atoms with van der Waals surface area (Å²) >= 11 is 1.19. The van der Waals surface area contributed by atoms with Crippen LogP contribution in [0.15, 0.2) is 78.0 Å². The number of rotatable bonds is 10. The maximum Gasteiger partial charge on any atom is 0.573 e. The number of halogens is 3. The fourth-order valence-electron chi connectivity index (χ4n) is 4.47. The summed E-state index contributed by atoms with van der Waals surface area (Å²) in [5.41, 5.74) is 3.55. The van der Waals surface area contributed by atoms with Crippen molar-refractivity contribution in [2.75, 3.05) is 16.0 Å². The number of hydrogen-bond acceptors (Lipinski definition) is 7. The molecule has 1 atom stereocenters. The Hall–Kier alpha value is -4.85. The second-order valence-corrected chi connectivity index (χ2v) is 11.4. The van der Waals surface area contributed by atoms with Gasteiger partial charge in [-0.25, -0.2) is 14.5 Å². The Bertz CT molecular complexity index is 1730. The van der Waals surface area contributed by atoms with Gasteiger partial charge >= 0.3 is 12.4 Å². The molecular weight excluding hydrogens is 621 g/mol. The van der Waals surface area contributed by atoms with Gasteiger partial charge < -0.3 is 14.8 Å². The quantitative estimate of drug-likeness (QED) is 0.195. The highest BCUT2D eigenvalue weighted by molar-refractivity contribution is 8.15. The number of urea groups is 1. The summed E-state index contributed by atoms with van der Waals surface area (Å²) in [6, 6.07) is 17.6. The molecule has 46 heavy (non-hydrogen) atoms. The molecule has 0 aliphatic carbocycles. The molecule has 1 unspecified atom stereocenters. The fraction of sp³-hybridized carbons (Fsp3) is 0.281. The number of benzene rings is 3. The van der Waals surface area contributed by atoms with Crippen molar-refractivity contribution >= 4 is 40.2 Å². The number of alkyl halides is 3. The van der Waals surface area contributed by atoms with Gasteiger partial charge in [-0.2, -0.15) is 10.1 Å². The Balaban J connectivity index is 1.18. The summed E-state index contributed by atoms with van der Waals surface area (Å²) in [6.07, 6.45) is -1.39. The highest BCUT2D eigenvalue weighted by atomic mass is 32.2. The van der Waals surface area contributed by atoms with E-state index in [2.05, 4.69) is 25.1 Å². The Kier molecular flexibility index (Phi) is 9.95. The number of carbonyl (C=O) groups excluding carboxylic acids is 2. The van der Waals surface area contributed by atoms with Crippen molar-refractivity contribution < 1.29 is 32.2 Å². The zero-order valence-corrected chi connectivity index (χ0v) is 26.1. The molecule has 10 nitrogen and oxygen atoms in total. The van der Waals surface area contributed by atoms with Gasteiger partial charge in [0, 0.05) is 12.1 Å². The number of ether oxygens (including phenoxy) is 2. The maximum absolute atomic E-state index is 12.9. The normalized spacial score (nSPS) is 14.9. The Labute approximate surface area is 267 Å². The molecule has 1 aromatic heterocycles. The first-order valence-electron chi connectivity index (χ1n) is 14.5. The number of nitrogens with one attached hydrogen (secondary N) is 1. The van der Waals surface area contributed by atoms with Gasteiger partial charge in [0.1, 0.15) is 17.8 Å². The topological polar surface area (TPSA) is 111 Å². The summed E-state index contributed by atoms with van der Waals surface area (Å²) in [7, 11) is 0. The number of anilines is 2. The smallest absolute Gasteiger partial charge is 0.489 e. The van der Waals surface area contributed by atoms with Crippen molar-refractivity contribution in [3.63, 3.8) is 0 Å². The molecule has 0 spiro atoms. The molecule has 14 heteroatoms. The van der Waals surface area contributed by atoms with E-state index < -0.39 is 12.4 Å². The van der Waals surface area contributed by atoms with E-state index in [4.69, 9.17) is 4.74 Å². The molecule has 3 amide bonds. The molecule has 2 heterocycles. The Morgan fingerprint density at radius 1 is 1.09 bits per heavy atom. The average Bonchev–Trinajstić information content (AvgIpc) is 3.63. The molecule has 1 N–H and O–H groups in total. The second-order valence-electron chi connectivity index (χ2n) is 10.5. The van der Waals surface area contributed by atoms with Gasteiger partial charge in [-0.05, 0) is 86.3 Å². The van der Waals surface area contributed by atoms with Crippen molar-refractivity contribution in [1.82, 2.24) is 14.8 Å². The summed E-state index contributed by atoms with van der Waals surface area (Å²) in [5.74, 6) is 0.765. The molecule has 0 bridgehead atoms. The molecule has 240 valence electrons. The van der Waals surface area contributed by atoms with Crippen molar-refractivity contribution in [3.8, 4) is 17.2 Å². The van der Waals surface area contributed by atoms with E-state index in [1.165, 1.54) is 51.9 Å². The van der Waals surface area contributed by atoms with Gasteiger partial charge in [0.15, 0.2) is 11.0 Å². The minimum absolute atomic E-state index is 0.0525. The van der Waals surface area contributed by atoms with Crippen molar-refractivity contribution in [2.45, 2.75) is 52.5 Å². The van der Waals surface area contributed by atoms with E-state index in [1.807, 2.05) is 51.1 Å². The zero-order valence-electron chi connectivity index (χ0n) is 25.2. The predicted molar refractivity (Wildman–Crippen MR) is 170 cm³/mol. The van der Waals surface area contributed by atoms with E-state index in [-0.39, 0.29) is 28.7 Å². The molecule has 1 saturated heterocycles. The predicted octanol–water partition coefficient (Wildman–Crippen LogP) is 7.10. The summed E-state index contributed by atoms with van der Waals surface area (Å²) in [6.45, 7) is 5.89. The number of nitrogens with zero attached hydrogens (tertiary/aromatic N) is 5. The zero-order chi connectivity index (χ0) is 32.8. The van der Waals surface area contributed by atoms with Crippen LogP contribution in [-0.2, 0) is 17.6 Å². The molecule has 0 radical (unpaired) electrons. The molecule has 4 aromatic rings. The molecule has 0 saturated carbocycles. The van der Waals surface area contributed by atoms with E-state index in [0.29, 0.717) is 41.5 Å². The first-order valence-corrected chi connectivity index (χ1v) is 15.4. The van der Waals surface area contributed by atoms with Crippen LogP contribution >= 0.6 is 11.8 Å². The van der Waals surface area contributed by atoms with Gasteiger partial charge in [-0.1, -0.05) is 36.9 Å². The van der Waals surface area contributed by atoms with E-state index in [0.717, 1.165) is 17.5 Å². The van der Waals surface area contributed by atoms with Gasteiger partial charge in [-0.3, -0.25) is 9.69 Å². The minimum atomic E-state index is -4.76. The third-order valence-corrected chi connectivity index (χ3v) is 7.86. The first-order chi connectivity index (χ1) is 22.0. The van der Waals surface area contributed by atoms with Gasteiger partial charge in [0.05, 0.1) is 23.2 Å². The van der Waals surface area contributed by atoms with Crippen LogP contribution in [0.3, 0.4) is 0 Å². The average molecular weight is 653 g/mol. The fourth-order valence-corrected chi connectivity index (χ4v) is 5.33. The van der Waals surface area contributed by atoms with Crippen molar-refractivity contribution in [3.05, 3.63) is 90.0 Å². The largest absolute Gasteiger partial charge is 0.573 e. The lowest BCUT2D eigenvalue weighted by molar-refractivity contribution is -0.274. The number of amides is 3. The first kappa shape index (κ1) is 32.5. The summed E-state index contributed by atoms with van der Waals surface area (Å²) < 4.78 is 48.6. The highest BCUT2D eigenvalue weighted by Gasteiger charge is 2.33. The Morgan fingerprint density at radius 2 is 1.83 bits per heavy atom. The van der Waals surface area contributed by atoms with Crippen LogP contribution in [0.4, 0.5) is 29.3 Å². The molecule has 1 aliphatic heterocycles. The molecule has 3 aromatic carbocycles. The van der Waals surface area contributed by atoms with Crippen LogP contribution in [0.5, 0.6) is 11.5 Å². The molecule has 1 aliphatic rings. The minimum Gasteiger partial charge on any atom is -0.489 e. The monoisotopic (exact) mass is 652 g/mol. The third kappa shape index (κ3) is 8.44. The van der Waals surface area contributed by atoms with E-state index in [9.17, 15) is 22.8 Å². The Morgan fingerprint density at radius 3 is 2.52 bits per heavy atom. The maximum atomic E-state index is 12.9. The van der Waals surface area contributed by atoms with Crippen LogP contribution in [-0.4, -0.2) is 50.1 Å². The summed E-state index contributed by atoms with van der Waals surface area (Å²) in [5, 5.41) is 7.43. The standard InChI is InChI=1S/C32H31F3N6O4S/c1-4-21(3)44-27-15-5-20(2)17-26(27)41-29(42)18-46-31(41)38-30(43)37-23-9-6-22(7-10-23)8-16-28-36-19-40(39-28)24-11-13-25(14-12-24)45-32(33,34)35/h5-7,9-15,17,19,21H,4,8,16,18H2,1-3H3,(H,37,43).